The van der Waals surface area contributed by atoms with Crippen molar-refractivity contribution < 1.29 is 36.2 Å². The molecule has 1 N–H and O–H groups in total. The maximum absolute atomic E-state index is 13.7. The molecule has 0 saturated carbocycles. The molecule has 0 radical (unpaired) electrons. The number of aromatic carboxylic acids is 1. The Hall–Kier alpha value is -2.77. The van der Waals surface area contributed by atoms with E-state index >= 15 is 0 Å². The Kier molecular flexibility index (Phi) is 8.50. The molecule has 0 spiro atoms. The van der Waals surface area contributed by atoms with Crippen molar-refractivity contribution in [1.29, 1.82) is 0 Å². The number of alkyl halides is 3. The van der Waals surface area contributed by atoms with Gasteiger partial charge < -0.3 is 14.2 Å². The van der Waals surface area contributed by atoms with Crippen molar-refractivity contribution in [3.05, 3.63) is 88.7 Å². The molecule has 14 heteroatoms. The van der Waals surface area contributed by atoms with Crippen molar-refractivity contribution in [3.8, 4) is 5.75 Å². The summed E-state index contributed by atoms with van der Waals surface area (Å²) in [5.74, 6) is -1.61. The van der Waals surface area contributed by atoms with Crippen LogP contribution in [0, 0.1) is 6.92 Å². The van der Waals surface area contributed by atoms with Gasteiger partial charge >= 0.3 is 41.9 Å². The molecule has 0 aliphatic heterocycles. The van der Waals surface area contributed by atoms with Crippen LogP contribution in [0.2, 0.25) is 5.02 Å². The molecule has 4 rings (SSSR count). The number of nitrogens with zero attached hydrogens (tertiary/aromatic N) is 3. The van der Waals surface area contributed by atoms with E-state index in [2.05, 4.69) is 9.72 Å². The van der Waals surface area contributed by atoms with Crippen molar-refractivity contribution in [3.63, 3.8) is 0 Å². The fourth-order valence-corrected chi connectivity index (χ4v) is 5.11. The van der Waals surface area contributed by atoms with Gasteiger partial charge in [-0.2, -0.15) is 0 Å². The van der Waals surface area contributed by atoms with Gasteiger partial charge in [0.1, 0.15) is 11.4 Å². The first kappa shape index (κ1) is 28.8. The van der Waals surface area contributed by atoms with E-state index < -0.39 is 28.1 Å². The maximum atomic E-state index is 13.7. The molecule has 2 aromatic carbocycles. The van der Waals surface area contributed by atoms with Crippen LogP contribution in [0.15, 0.2) is 71.8 Å². The van der Waals surface area contributed by atoms with Gasteiger partial charge in [-0.1, -0.05) is 23.7 Å². The van der Waals surface area contributed by atoms with E-state index in [4.69, 9.17) is 16.7 Å². The Morgan fingerprint density at radius 3 is 2.27 bits per heavy atom. The quantitative estimate of drug-likeness (QED) is 0.329. The van der Waals surface area contributed by atoms with Crippen molar-refractivity contribution >= 4 is 68.6 Å². The standard InChI is InChI=1S/C23H17ClF3N3O5S.Na.H/c1-14-21(28-20-11-6-17(24)13-29(14)20)30(12-15-2-7-18(8-3-15)35-23(25,26)27)36(33,34)19-9-4-16(5-10-19)22(31)32;;/h2-11,13H,12H2,1H3,(H,31,32);;. The van der Waals surface area contributed by atoms with Gasteiger partial charge in [-0.25, -0.2) is 22.5 Å². The minimum absolute atomic E-state index is 0. The van der Waals surface area contributed by atoms with Gasteiger partial charge in [0.25, 0.3) is 10.0 Å². The summed E-state index contributed by atoms with van der Waals surface area (Å²) in [6, 6.07) is 12.6. The monoisotopic (exact) mass is 563 g/mol. The molecule has 0 saturated heterocycles. The van der Waals surface area contributed by atoms with Crippen molar-refractivity contribution in [2.24, 2.45) is 0 Å². The van der Waals surface area contributed by atoms with Crippen LogP contribution in [0.1, 0.15) is 21.6 Å². The van der Waals surface area contributed by atoms with Crippen LogP contribution < -0.4 is 9.04 Å². The summed E-state index contributed by atoms with van der Waals surface area (Å²) in [6.07, 6.45) is -3.30. The van der Waals surface area contributed by atoms with Crippen LogP contribution >= 0.6 is 11.6 Å². The molecular formula is C23H18ClF3N3NaO5S. The van der Waals surface area contributed by atoms with E-state index in [0.29, 0.717) is 21.9 Å². The summed E-state index contributed by atoms with van der Waals surface area (Å²) >= 11 is 6.08. The molecular weight excluding hydrogens is 546 g/mol. The zero-order valence-electron chi connectivity index (χ0n) is 18.4. The van der Waals surface area contributed by atoms with E-state index in [-0.39, 0.29) is 52.4 Å². The topological polar surface area (TPSA) is 101 Å². The number of carbonyl (C=O) groups is 1. The number of hydrogen-bond acceptors (Lipinski definition) is 5. The number of pyridine rings is 1. The predicted octanol–water partition coefficient (Wildman–Crippen LogP) is 4.64. The molecule has 8 nitrogen and oxygen atoms in total. The predicted molar refractivity (Wildman–Crippen MR) is 132 cm³/mol. The van der Waals surface area contributed by atoms with Crippen molar-refractivity contribution in [2.45, 2.75) is 24.7 Å². The number of anilines is 1. The van der Waals surface area contributed by atoms with Crippen LogP contribution in [0.4, 0.5) is 19.0 Å². The van der Waals surface area contributed by atoms with Crippen LogP contribution in [0.3, 0.4) is 0 Å². The molecule has 190 valence electrons. The van der Waals surface area contributed by atoms with Crippen molar-refractivity contribution in [2.75, 3.05) is 4.31 Å². The van der Waals surface area contributed by atoms with E-state index in [9.17, 15) is 26.4 Å². The third kappa shape index (κ3) is 6.39. The molecule has 0 atom stereocenters. The number of aryl methyl sites for hydroxylation is 1. The summed E-state index contributed by atoms with van der Waals surface area (Å²) in [5, 5.41) is 9.53. The first-order chi connectivity index (χ1) is 16.8. The number of fused-ring (bicyclic) bond motifs is 1. The average Bonchev–Trinajstić information content (AvgIpc) is 3.12. The summed E-state index contributed by atoms with van der Waals surface area (Å²) in [7, 11) is -4.29. The van der Waals surface area contributed by atoms with Crippen LogP contribution in [-0.4, -0.2) is 64.8 Å². The first-order valence-corrected chi connectivity index (χ1v) is 12.0. The number of hydrogen-bond donors (Lipinski definition) is 1. The molecule has 0 aliphatic rings. The van der Waals surface area contributed by atoms with E-state index in [1.165, 1.54) is 12.1 Å². The molecule has 2 heterocycles. The van der Waals surface area contributed by atoms with E-state index in [0.717, 1.165) is 40.7 Å². The third-order valence-corrected chi connectivity index (χ3v) is 7.18. The van der Waals surface area contributed by atoms with E-state index in [1.54, 1.807) is 29.7 Å². The number of rotatable bonds is 7. The van der Waals surface area contributed by atoms with Gasteiger partial charge in [0, 0.05) is 6.20 Å². The molecule has 37 heavy (non-hydrogen) atoms. The number of imidazole rings is 1. The number of aromatic nitrogens is 2. The van der Waals surface area contributed by atoms with Crippen LogP contribution in [0.25, 0.3) is 5.65 Å². The summed E-state index contributed by atoms with van der Waals surface area (Å²) < 4.78 is 71.4. The molecule has 2 aromatic heterocycles. The van der Waals surface area contributed by atoms with Crippen LogP contribution in [0.5, 0.6) is 5.75 Å². The Balaban J connectivity index is 0.00000380. The number of sulfonamides is 1. The summed E-state index contributed by atoms with van der Waals surface area (Å²) in [4.78, 5) is 15.4. The fraction of sp³-hybridized carbons (Fsp3) is 0.130. The minimum atomic E-state index is -4.87. The second-order valence-electron chi connectivity index (χ2n) is 7.63. The molecule has 0 amide bonds. The number of halogens is 4. The number of carboxylic acid groups (broad SMARTS) is 1. The summed E-state index contributed by atoms with van der Waals surface area (Å²) in [5.41, 5.74) is 1.11. The van der Waals surface area contributed by atoms with Gasteiger partial charge in [-0.05, 0) is 61.0 Å². The van der Waals surface area contributed by atoms with Gasteiger partial charge in [0.2, 0.25) is 0 Å². The Morgan fingerprint density at radius 2 is 1.70 bits per heavy atom. The second-order valence-corrected chi connectivity index (χ2v) is 9.93. The molecule has 4 aromatic rings. The fourth-order valence-electron chi connectivity index (χ4n) is 3.49. The second kappa shape index (κ2) is 10.9. The van der Waals surface area contributed by atoms with Gasteiger partial charge in [0.15, 0.2) is 5.82 Å². The molecule has 0 fully saturated rings. The molecule has 0 unspecified atom stereocenters. The van der Waals surface area contributed by atoms with Crippen LogP contribution in [-0.2, 0) is 16.6 Å². The van der Waals surface area contributed by atoms with Gasteiger partial charge in [0.05, 0.1) is 27.7 Å². The third-order valence-electron chi connectivity index (χ3n) is 5.20. The van der Waals surface area contributed by atoms with Gasteiger partial charge in [-0.3, -0.25) is 0 Å². The summed E-state index contributed by atoms with van der Waals surface area (Å²) in [6.45, 7) is 1.36. The molecule has 0 aliphatic carbocycles. The Labute approximate surface area is 236 Å². The SMILES string of the molecule is Cc1c(N(Cc2ccc(OC(F)(F)F)cc2)S(=O)(=O)c2ccc(C(=O)O)cc2)nc2ccc(Cl)cn12.[NaH]. The zero-order valence-corrected chi connectivity index (χ0v) is 20.0. The Bertz CT molecular complexity index is 1540. The number of ether oxygens (including phenoxy) is 1. The van der Waals surface area contributed by atoms with Crippen molar-refractivity contribution in [1.82, 2.24) is 9.38 Å². The number of benzene rings is 2. The average molecular weight is 564 g/mol. The normalized spacial score (nSPS) is 11.7. The first-order valence-electron chi connectivity index (χ1n) is 10.2. The zero-order chi connectivity index (χ0) is 26.3. The van der Waals surface area contributed by atoms with Gasteiger partial charge in [-0.15, -0.1) is 13.2 Å². The Morgan fingerprint density at radius 1 is 1.08 bits per heavy atom. The van der Waals surface area contributed by atoms with E-state index in [1.807, 2.05) is 0 Å². The number of carboxylic acids is 1. The molecule has 0 bridgehead atoms.